The Morgan fingerprint density at radius 2 is 1.61 bits per heavy atom. The maximum atomic E-state index is 13.3. The van der Waals surface area contributed by atoms with Crippen molar-refractivity contribution in [3.8, 4) is 0 Å². The quantitative estimate of drug-likeness (QED) is 0.103. The molecular weight excluding hydrogens is 570 g/mol. The summed E-state index contributed by atoms with van der Waals surface area (Å²) < 4.78 is 5.39. The van der Waals surface area contributed by atoms with E-state index >= 15 is 0 Å². The highest BCUT2D eigenvalue weighted by molar-refractivity contribution is 5.90. The van der Waals surface area contributed by atoms with Gasteiger partial charge in [-0.05, 0) is 50.6 Å². The molecule has 2 atom stereocenters. The summed E-state index contributed by atoms with van der Waals surface area (Å²) in [6, 6.07) is 5.08. The first-order valence-corrected chi connectivity index (χ1v) is 14.4. The van der Waals surface area contributed by atoms with E-state index in [0.717, 1.165) is 12.1 Å². The number of benzene rings is 1. The molecule has 1 aromatic carbocycles. The summed E-state index contributed by atoms with van der Waals surface area (Å²) in [5.74, 6) is -1.74. The van der Waals surface area contributed by atoms with Crippen molar-refractivity contribution in [2.75, 3.05) is 59.2 Å². The van der Waals surface area contributed by atoms with Crippen molar-refractivity contribution in [2.45, 2.75) is 45.4 Å². The molecule has 0 unspecified atom stereocenters. The molecule has 0 radical (unpaired) electrons. The van der Waals surface area contributed by atoms with Crippen molar-refractivity contribution < 1.29 is 28.7 Å². The number of hydrogen-bond acceptors (Lipinski definition) is 9. The maximum Gasteiger partial charge on any atom is 0.409 e. The van der Waals surface area contributed by atoms with Crippen LogP contribution in [0.2, 0.25) is 0 Å². The Morgan fingerprint density at radius 3 is 2.18 bits per heavy atom. The number of urea groups is 1. The standard InChI is InChI=1S/C29H49N9O6/c1-19(2)26(36-25(40)17-33-24(39)16-30)27(41)35-23(8-7-13-32-28(31)42)20(3)34-22-11-9-21(10-12-22)18-44-29(43)38(6)15-14-37(4)5/h9-12,19,23,26,34H,3,7-8,13-18,30H2,1-2,4-6H3,(H,33,39)(H,35,41)(H,36,40)(H3,31,32,42)/t23-,26-/m0/s1. The van der Waals surface area contributed by atoms with Gasteiger partial charge in [0, 0.05) is 38.1 Å². The van der Waals surface area contributed by atoms with E-state index in [0.29, 0.717) is 30.8 Å². The molecule has 0 aliphatic rings. The number of carbonyl (C=O) groups is 5. The molecule has 15 heteroatoms. The molecule has 0 aliphatic carbocycles. The molecule has 1 rings (SSSR count). The van der Waals surface area contributed by atoms with Crippen molar-refractivity contribution >= 4 is 35.5 Å². The van der Waals surface area contributed by atoms with Crippen LogP contribution in [-0.2, 0) is 25.7 Å². The summed E-state index contributed by atoms with van der Waals surface area (Å²) >= 11 is 0. The average Bonchev–Trinajstić information content (AvgIpc) is 2.97. The van der Waals surface area contributed by atoms with Crippen LogP contribution >= 0.6 is 0 Å². The molecule has 0 saturated heterocycles. The van der Waals surface area contributed by atoms with E-state index in [9.17, 15) is 24.0 Å². The third kappa shape index (κ3) is 15.2. The zero-order valence-corrected chi connectivity index (χ0v) is 26.4. The second-order valence-corrected chi connectivity index (χ2v) is 10.9. The molecule has 0 bridgehead atoms. The molecule has 15 nitrogen and oxygen atoms in total. The first kappa shape index (κ1) is 37.7. The number of carbonyl (C=O) groups excluding carboxylic acids is 5. The number of hydrogen-bond donors (Lipinski definition) is 7. The third-order valence-electron chi connectivity index (χ3n) is 6.42. The molecule has 6 amide bonds. The van der Waals surface area contributed by atoms with Crippen LogP contribution < -0.4 is 38.1 Å². The van der Waals surface area contributed by atoms with Crippen molar-refractivity contribution in [1.29, 1.82) is 0 Å². The van der Waals surface area contributed by atoms with E-state index in [1.165, 1.54) is 4.90 Å². The average molecular weight is 620 g/mol. The van der Waals surface area contributed by atoms with Crippen molar-refractivity contribution in [1.82, 2.24) is 31.1 Å². The smallest absolute Gasteiger partial charge is 0.409 e. The largest absolute Gasteiger partial charge is 0.445 e. The van der Waals surface area contributed by atoms with E-state index in [2.05, 4.69) is 33.2 Å². The lowest BCUT2D eigenvalue weighted by atomic mass is 10.0. The van der Waals surface area contributed by atoms with Gasteiger partial charge in [0.05, 0.1) is 19.1 Å². The van der Waals surface area contributed by atoms with Crippen molar-refractivity contribution in [3.05, 3.63) is 42.1 Å². The van der Waals surface area contributed by atoms with E-state index < -0.39 is 41.9 Å². The fraction of sp³-hybridized carbons (Fsp3) is 0.552. The van der Waals surface area contributed by atoms with Crippen molar-refractivity contribution in [3.63, 3.8) is 0 Å². The number of nitrogens with zero attached hydrogens (tertiary/aromatic N) is 2. The molecule has 0 fully saturated rings. The first-order valence-electron chi connectivity index (χ1n) is 14.4. The van der Waals surface area contributed by atoms with Gasteiger partial charge in [-0.25, -0.2) is 9.59 Å². The summed E-state index contributed by atoms with van der Waals surface area (Å²) in [6.45, 7) is 8.76. The molecule has 246 valence electrons. The Balaban J connectivity index is 2.86. The number of nitrogens with two attached hydrogens (primary N) is 2. The second-order valence-electron chi connectivity index (χ2n) is 10.9. The van der Waals surface area contributed by atoms with E-state index in [-0.39, 0.29) is 32.2 Å². The molecular formula is C29H49N9O6. The highest BCUT2D eigenvalue weighted by Gasteiger charge is 2.27. The Morgan fingerprint density at radius 1 is 0.955 bits per heavy atom. The van der Waals surface area contributed by atoms with E-state index in [4.69, 9.17) is 16.2 Å². The van der Waals surface area contributed by atoms with Crippen LogP contribution in [0.5, 0.6) is 0 Å². The SMILES string of the molecule is C=C(Nc1ccc(COC(=O)N(C)CCN(C)C)cc1)[C@H](CCCNC(N)=O)NC(=O)[C@@H](NC(=O)CNC(=O)CN)C(C)C. The fourth-order valence-electron chi connectivity index (χ4n) is 3.78. The third-order valence-corrected chi connectivity index (χ3v) is 6.42. The highest BCUT2D eigenvalue weighted by atomic mass is 16.6. The van der Waals surface area contributed by atoms with E-state index in [1.54, 1.807) is 45.2 Å². The summed E-state index contributed by atoms with van der Waals surface area (Å²) in [7, 11) is 5.54. The van der Waals surface area contributed by atoms with E-state index in [1.807, 2.05) is 19.0 Å². The zero-order chi connectivity index (χ0) is 33.2. The fourth-order valence-corrected chi connectivity index (χ4v) is 3.78. The number of rotatable bonds is 19. The molecule has 0 heterocycles. The predicted molar refractivity (Wildman–Crippen MR) is 168 cm³/mol. The van der Waals surface area contributed by atoms with Crippen LogP contribution in [0.15, 0.2) is 36.5 Å². The Labute approximate surface area is 259 Å². The van der Waals surface area contributed by atoms with Crippen LogP contribution in [0.4, 0.5) is 15.3 Å². The number of ether oxygens (including phenoxy) is 1. The summed E-state index contributed by atoms with van der Waals surface area (Å²) in [5.41, 5.74) is 12.4. The lowest BCUT2D eigenvalue weighted by Gasteiger charge is -2.27. The van der Waals surface area contributed by atoms with Crippen LogP contribution in [0.3, 0.4) is 0 Å². The molecule has 44 heavy (non-hydrogen) atoms. The second kappa shape index (κ2) is 19.7. The number of anilines is 1. The summed E-state index contributed by atoms with van der Waals surface area (Å²) in [6.07, 6.45) is 0.465. The summed E-state index contributed by atoms with van der Waals surface area (Å²) in [5, 5.41) is 13.7. The zero-order valence-electron chi connectivity index (χ0n) is 26.4. The minimum Gasteiger partial charge on any atom is -0.445 e. The number of likely N-dealkylation sites (N-methyl/N-ethyl adjacent to an activating group) is 2. The molecule has 0 spiro atoms. The van der Waals surface area contributed by atoms with Gasteiger partial charge in [0.15, 0.2) is 0 Å². The van der Waals surface area contributed by atoms with Crippen LogP contribution in [-0.4, -0.2) is 106 Å². The van der Waals surface area contributed by atoms with Gasteiger partial charge in [-0.15, -0.1) is 0 Å². The molecule has 0 aliphatic heterocycles. The normalized spacial score (nSPS) is 12.1. The Kier molecular flexibility index (Phi) is 16.9. The number of primary amides is 1. The number of amides is 6. The highest BCUT2D eigenvalue weighted by Crippen LogP contribution is 2.16. The van der Waals surface area contributed by atoms with Gasteiger partial charge in [-0.2, -0.15) is 0 Å². The molecule has 1 aromatic rings. The predicted octanol–water partition coefficient (Wildman–Crippen LogP) is -0.109. The monoisotopic (exact) mass is 619 g/mol. The van der Waals surface area contributed by atoms with Gasteiger partial charge in [-0.3, -0.25) is 14.4 Å². The van der Waals surface area contributed by atoms with Gasteiger partial charge >= 0.3 is 12.1 Å². The van der Waals surface area contributed by atoms with Gasteiger partial charge in [0.1, 0.15) is 12.6 Å². The topological polar surface area (TPSA) is 213 Å². The molecule has 9 N–H and O–H groups in total. The van der Waals surface area contributed by atoms with Gasteiger partial charge in [-0.1, -0.05) is 32.6 Å². The first-order chi connectivity index (χ1) is 20.7. The Hall–Kier alpha value is -4.37. The minimum atomic E-state index is -0.889. The minimum absolute atomic E-state index is 0.107. The Bertz CT molecular complexity index is 1110. The maximum absolute atomic E-state index is 13.3. The molecule has 0 saturated carbocycles. The number of nitrogens with one attached hydrogen (secondary N) is 5. The summed E-state index contributed by atoms with van der Waals surface area (Å²) in [4.78, 5) is 63.8. The molecule has 0 aromatic heterocycles. The van der Waals surface area contributed by atoms with Crippen molar-refractivity contribution in [2.24, 2.45) is 17.4 Å². The van der Waals surface area contributed by atoms with Crippen LogP contribution in [0.1, 0.15) is 32.3 Å². The lowest BCUT2D eigenvalue weighted by Crippen LogP contribution is -2.54. The van der Waals surface area contributed by atoms with Gasteiger partial charge < -0.3 is 52.6 Å². The lowest BCUT2D eigenvalue weighted by molar-refractivity contribution is -0.130. The van der Waals surface area contributed by atoms with Gasteiger partial charge in [0.25, 0.3) is 0 Å². The van der Waals surface area contributed by atoms with Crippen LogP contribution in [0, 0.1) is 5.92 Å². The van der Waals surface area contributed by atoms with Gasteiger partial charge in [0.2, 0.25) is 17.7 Å². The van der Waals surface area contributed by atoms with Crippen LogP contribution in [0.25, 0.3) is 0 Å².